The lowest BCUT2D eigenvalue weighted by molar-refractivity contribution is 0.354. The molecule has 0 radical (unpaired) electrons. The Bertz CT molecular complexity index is 787. The minimum absolute atomic E-state index is 0.00833. The third-order valence-electron chi connectivity index (χ3n) is 3.79. The van der Waals surface area contributed by atoms with E-state index in [2.05, 4.69) is 4.72 Å². The number of methoxy groups -OCH3 is 2. The van der Waals surface area contributed by atoms with Crippen molar-refractivity contribution in [2.75, 3.05) is 20.8 Å². The molecule has 0 fully saturated rings. The molecule has 5 nitrogen and oxygen atoms in total. The number of benzene rings is 2. The van der Waals surface area contributed by atoms with E-state index in [0.29, 0.717) is 24.5 Å². The van der Waals surface area contributed by atoms with Gasteiger partial charge in [0.2, 0.25) is 10.0 Å². The van der Waals surface area contributed by atoms with Crippen LogP contribution in [0.25, 0.3) is 0 Å². The Kier molecular flexibility index (Phi) is 6.23. The van der Waals surface area contributed by atoms with Crippen LogP contribution in [0.4, 0.5) is 0 Å². The van der Waals surface area contributed by atoms with Gasteiger partial charge >= 0.3 is 0 Å². The molecule has 2 rings (SSSR count). The first-order valence-corrected chi connectivity index (χ1v) is 9.33. The highest BCUT2D eigenvalue weighted by Crippen LogP contribution is 2.27. The first-order chi connectivity index (χ1) is 11.4. The van der Waals surface area contributed by atoms with Gasteiger partial charge in [0, 0.05) is 6.54 Å². The summed E-state index contributed by atoms with van der Waals surface area (Å²) in [5, 5.41) is 0. The molecule has 0 bridgehead atoms. The van der Waals surface area contributed by atoms with Crippen LogP contribution >= 0.6 is 0 Å². The van der Waals surface area contributed by atoms with E-state index < -0.39 is 10.0 Å². The average Bonchev–Trinajstić information content (AvgIpc) is 2.56. The van der Waals surface area contributed by atoms with Crippen molar-refractivity contribution in [3.8, 4) is 11.5 Å². The average molecular weight is 349 g/mol. The van der Waals surface area contributed by atoms with Crippen molar-refractivity contribution in [3.05, 3.63) is 59.2 Å². The lowest BCUT2D eigenvalue weighted by atomic mass is 10.1. The smallest absolute Gasteiger partial charge is 0.215 e. The van der Waals surface area contributed by atoms with Crippen molar-refractivity contribution in [2.24, 2.45) is 0 Å². The first kappa shape index (κ1) is 18.3. The highest BCUT2D eigenvalue weighted by molar-refractivity contribution is 7.88. The van der Waals surface area contributed by atoms with Gasteiger partial charge in [-0.1, -0.05) is 30.3 Å². The Morgan fingerprint density at radius 2 is 1.71 bits per heavy atom. The van der Waals surface area contributed by atoms with Gasteiger partial charge in [-0.2, -0.15) is 0 Å². The van der Waals surface area contributed by atoms with Gasteiger partial charge in [-0.25, -0.2) is 13.1 Å². The second-order valence-electron chi connectivity index (χ2n) is 5.52. The summed E-state index contributed by atoms with van der Waals surface area (Å²) in [5.74, 6) is 1.28. The van der Waals surface area contributed by atoms with Gasteiger partial charge in [-0.05, 0) is 42.2 Å². The van der Waals surface area contributed by atoms with Gasteiger partial charge < -0.3 is 9.47 Å². The largest absolute Gasteiger partial charge is 0.493 e. The fourth-order valence-corrected chi connectivity index (χ4v) is 3.66. The Hall–Kier alpha value is -2.05. The van der Waals surface area contributed by atoms with Crippen LogP contribution in [0.15, 0.2) is 42.5 Å². The summed E-state index contributed by atoms with van der Waals surface area (Å²) in [6.07, 6.45) is 0.577. The van der Waals surface area contributed by atoms with Crippen molar-refractivity contribution < 1.29 is 17.9 Å². The van der Waals surface area contributed by atoms with Crippen molar-refractivity contribution in [1.29, 1.82) is 0 Å². The lowest BCUT2D eigenvalue weighted by Gasteiger charge is -2.11. The van der Waals surface area contributed by atoms with E-state index in [0.717, 1.165) is 16.7 Å². The standard InChI is InChI=1S/C18H23NO4S/c1-14-6-4-5-7-16(14)13-24(20,21)19-11-10-15-8-9-17(22-2)18(12-15)23-3/h4-9,12,19H,10-11,13H2,1-3H3. The number of hydrogen-bond donors (Lipinski definition) is 1. The Morgan fingerprint density at radius 3 is 2.38 bits per heavy atom. The molecule has 0 saturated carbocycles. The molecule has 0 spiro atoms. The maximum atomic E-state index is 12.2. The number of aryl methyl sites for hydroxylation is 1. The molecule has 0 aliphatic carbocycles. The third kappa shape index (κ3) is 4.97. The minimum atomic E-state index is -3.36. The van der Waals surface area contributed by atoms with Gasteiger partial charge in [0.05, 0.1) is 20.0 Å². The number of ether oxygens (including phenoxy) is 2. The van der Waals surface area contributed by atoms with Gasteiger partial charge in [0.15, 0.2) is 11.5 Å². The van der Waals surface area contributed by atoms with E-state index in [-0.39, 0.29) is 5.75 Å². The predicted molar refractivity (Wildman–Crippen MR) is 95.1 cm³/mol. The van der Waals surface area contributed by atoms with Crippen molar-refractivity contribution in [3.63, 3.8) is 0 Å². The molecule has 0 aliphatic heterocycles. The first-order valence-electron chi connectivity index (χ1n) is 7.68. The maximum Gasteiger partial charge on any atom is 0.215 e. The summed E-state index contributed by atoms with van der Waals surface area (Å²) in [5.41, 5.74) is 2.77. The van der Waals surface area contributed by atoms with E-state index in [9.17, 15) is 8.42 Å². The second-order valence-corrected chi connectivity index (χ2v) is 7.33. The molecule has 1 N–H and O–H groups in total. The molecule has 6 heteroatoms. The van der Waals surface area contributed by atoms with Crippen molar-refractivity contribution in [2.45, 2.75) is 19.1 Å². The Labute approximate surface area is 143 Å². The zero-order valence-electron chi connectivity index (χ0n) is 14.2. The highest BCUT2D eigenvalue weighted by atomic mass is 32.2. The van der Waals surface area contributed by atoms with Crippen LogP contribution in [0.2, 0.25) is 0 Å². The summed E-state index contributed by atoms with van der Waals surface area (Å²) in [4.78, 5) is 0. The van der Waals surface area contributed by atoms with E-state index in [4.69, 9.17) is 9.47 Å². The molecular weight excluding hydrogens is 326 g/mol. The molecule has 0 amide bonds. The van der Waals surface area contributed by atoms with Crippen LogP contribution in [0.1, 0.15) is 16.7 Å². The molecule has 0 saturated heterocycles. The predicted octanol–water partition coefficient (Wildman–Crippen LogP) is 2.67. The maximum absolute atomic E-state index is 12.2. The van der Waals surface area contributed by atoms with E-state index >= 15 is 0 Å². The number of hydrogen-bond acceptors (Lipinski definition) is 4. The third-order valence-corrected chi connectivity index (χ3v) is 5.13. The number of rotatable bonds is 8. The van der Waals surface area contributed by atoms with Crippen LogP contribution in [-0.4, -0.2) is 29.2 Å². The zero-order valence-corrected chi connectivity index (χ0v) is 15.0. The molecule has 130 valence electrons. The zero-order chi connectivity index (χ0) is 17.6. The molecular formula is C18H23NO4S. The van der Waals surface area contributed by atoms with Crippen molar-refractivity contribution >= 4 is 10.0 Å². The Morgan fingerprint density at radius 1 is 1.00 bits per heavy atom. The summed E-state index contributed by atoms with van der Waals surface area (Å²) in [6.45, 7) is 2.25. The summed E-state index contributed by atoms with van der Waals surface area (Å²) >= 11 is 0. The van der Waals surface area contributed by atoms with E-state index in [1.807, 2.05) is 49.4 Å². The summed E-state index contributed by atoms with van der Waals surface area (Å²) in [6, 6.07) is 13.1. The summed E-state index contributed by atoms with van der Waals surface area (Å²) in [7, 11) is -0.205. The van der Waals surface area contributed by atoms with E-state index in [1.54, 1.807) is 14.2 Å². The topological polar surface area (TPSA) is 64.6 Å². The van der Waals surface area contributed by atoms with Crippen LogP contribution in [0.5, 0.6) is 11.5 Å². The van der Waals surface area contributed by atoms with Gasteiger partial charge in [-0.3, -0.25) is 0 Å². The quantitative estimate of drug-likeness (QED) is 0.796. The molecule has 0 aromatic heterocycles. The monoisotopic (exact) mass is 349 g/mol. The Balaban J connectivity index is 1.94. The highest BCUT2D eigenvalue weighted by Gasteiger charge is 2.12. The van der Waals surface area contributed by atoms with Crippen molar-refractivity contribution in [1.82, 2.24) is 4.72 Å². The van der Waals surface area contributed by atoms with Crippen LogP contribution in [0.3, 0.4) is 0 Å². The fraction of sp³-hybridized carbons (Fsp3) is 0.333. The van der Waals surface area contributed by atoms with E-state index in [1.165, 1.54) is 0 Å². The fourth-order valence-electron chi connectivity index (χ4n) is 2.41. The normalized spacial score (nSPS) is 11.3. The molecule has 0 aliphatic rings. The van der Waals surface area contributed by atoms with Gasteiger partial charge in [0.25, 0.3) is 0 Å². The van der Waals surface area contributed by atoms with Crippen LogP contribution < -0.4 is 14.2 Å². The van der Waals surface area contributed by atoms with Gasteiger partial charge in [-0.15, -0.1) is 0 Å². The second kappa shape index (κ2) is 8.17. The van der Waals surface area contributed by atoms with Gasteiger partial charge in [0.1, 0.15) is 0 Å². The number of nitrogens with one attached hydrogen (secondary N) is 1. The molecule has 0 unspecified atom stereocenters. The number of sulfonamides is 1. The minimum Gasteiger partial charge on any atom is -0.493 e. The molecule has 24 heavy (non-hydrogen) atoms. The SMILES string of the molecule is COc1ccc(CCNS(=O)(=O)Cc2ccccc2C)cc1OC. The lowest BCUT2D eigenvalue weighted by Crippen LogP contribution is -2.27. The molecule has 0 atom stereocenters. The van der Waals surface area contributed by atoms with Crippen LogP contribution in [0, 0.1) is 6.92 Å². The molecule has 0 heterocycles. The van der Waals surface area contributed by atoms with Crippen LogP contribution in [-0.2, 0) is 22.2 Å². The summed E-state index contributed by atoms with van der Waals surface area (Å²) < 4.78 is 37.5. The molecule has 2 aromatic rings. The molecule has 2 aromatic carbocycles.